The minimum Gasteiger partial charge on any atom is -0.489 e. The Labute approximate surface area is 233 Å². The van der Waals surface area contributed by atoms with Crippen LogP contribution < -0.4 is 15.0 Å². The number of hydrogen-bond donors (Lipinski definition) is 3. The van der Waals surface area contributed by atoms with Gasteiger partial charge >= 0.3 is 0 Å². The van der Waals surface area contributed by atoms with Gasteiger partial charge in [-0.25, -0.2) is 0 Å². The van der Waals surface area contributed by atoms with Gasteiger partial charge in [-0.3, -0.25) is 24.3 Å². The lowest BCUT2D eigenvalue weighted by atomic mass is 9.99. The molecule has 0 spiro atoms. The number of halogens is 1. The number of anilines is 1. The summed E-state index contributed by atoms with van der Waals surface area (Å²) in [6.45, 7) is 2.28. The molecule has 3 N–H and O–H groups in total. The molecule has 12 heteroatoms. The number of amides is 2. The number of hydrogen-bond acceptors (Lipinski definition) is 9. The molecule has 2 unspecified atom stereocenters. The van der Waals surface area contributed by atoms with Gasteiger partial charge in [0, 0.05) is 51.9 Å². The van der Waals surface area contributed by atoms with Crippen LogP contribution in [-0.2, 0) is 20.9 Å². The van der Waals surface area contributed by atoms with Crippen molar-refractivity contribution in [2.45, 2.75) is 31.5 Å². The summed E-state index contributed by atoms with van der Waals surface area (Å²) in [7, 11) is 0. The molecule has 4 aliphatic rings. The molecule has 4 atom stereocenters. The number of carbonyl (C=O) groups excluding carboxylic acids is 2. The van der Waals surface area contributed by atoms with E-state index >= 15 is 0 Å². The highest BCUT2D eigenvalue weighted by Gasteiger charge is 2.58. The van der Waals surface area contributed by atoms with Crippen molar-refractivity contribution in [3.63, 3.8) is 0 Å². The maximum absolute atomic E-state index is 12.5. The summed E-state index contributed by atoms with van der Waals surface area (Å²) in [5, 5.41) is 20.5. The highest BCUT2D eigenvalue weighted by Crippen LogP contribution is 2.49. The van der Waals surface area contributed by atoms with Crippen LogP contribution in [0, 0.1) is 11.8 Å². The van der Waals surface area contributed by atoms with E-state index in [4.69, 9.17) is 26.2 Å². The number of ether oxygens (including phenoxy) is 1. The summed E-state index contributed by atoms with van der Waals surface area (Å²) in [6.07, 6.45) is 3.35. The van der Waals surface area contributed by atoms with Crippen LogP contribution in [0.2, 0.25) is 5.02 Å². The van der Waals surface area contributed by atoms with E-state index in [1.54, 1.807) is 17.5 Å². The number of aromatic nitrogens is 1. The van der Waals surface area contributed by atoms with E-state index in [0.29, 0.717) is 24.6 Å². The second-order valence-electron chi connectivity index (χ2n) is 10.1. The Bertz CT molecular complexity index is 1440. The van der Waals surface area contributed by atoms with E-state index in [2.05, 4.69) is 15.2 Å². The third kappa shape index (κ3) is 4.63. The van der Waals surface area contributed by atoms with Crippen molar-refractivity contribution in [1.29, 1.82) is 0 Å². The number of aliphatic hydroxyl groups excluding tert-OH is 1. The first kappa shape index (κ1) is 26.0. The topological polar surface area (TPSA) is 132 Å². The average molecular weight is 571 g/mol. The van der Waals surface area contributed by atoms with Gasteiger partial charge in [0.25, 0.3) is 6.47 Å². The van der Waals surface area contributed by atoms with Gasteiger partial charge in [0.15, 0.2) is 0 Å². The number of aliphatic hydroxyl groups is 1. The molecule has 1 aliphatic carbocycles. The zero-order valence-electron chi connectivity index (χ0n) is 20.9. The van der Waals surface area contributed by atoms with Gasteiger partial charge in [-0.1, -0.05) is 11.6 Å². The molecule has 2 saturated heterocycles. The van der Waals surface area contributed by atoms with Gasteiger partial charge < -0.3 is 25.2 Å². The van der Waals surface area contributed by atoms with Crippen LogP contribution in [0.5, 0.6) is 5.75 Å². The van der Waals surface area contributed by atoms with Crippen LogP contribution >= 0.6 is 22.9 Å². The zero-order chi connectivity index (χ0) is 27.3. The molecule has 39 heavy (non-hydrogen) atoms. The van der Waals surface area contributed by atoms with E-state index in [-0.39, 0.29) is 48.8 Å². The molecule has 2 amide bonds. The number of carbonyl (C=O) groups is 3. The minimum atomic E-state index is -0.250. The molecule has 3 aliphatic heterocycles. The molecular weight excluding hydrogens is 544 g/mol. The smallest absolute Gasteiger partial charge is 0.290 e. The normalized spacial score (nSPS) is 25.2. The highest BCUT2D eigenvalue weighted by molar-refractivity contribution is 7.19. The van der Waals surface area contributed by atoms with Crippen molar-refractivity contribution in [3.8, 4) is 16.9 Å². The Balaban J connectivity index is 0.000000883. The average Bonchev–Trinajstić information content (AvgIpc) is 3.28. The number of fused-ring (bicyclic) bond motifs is 3. The van der Waals surface area contributed by atoms with Crippen LogP contribution in [-0.4, -0.2) is 76.8 Å². The first-order chi connectivity index (χ1) is 18.9. The fraction of sp³-hybridized carbons (Fsp3) is 0.407. The fourth-order valence-corrected chi connectivity index (χ4v) is 7.27. The standard InChI is InChI=1S/C26H25ClN4O4S.CH2O2/c27-13-5-18(23-22(6-13)35-4-3-30(23)15-7-14(12-32)29-10-15)17-1-2-28-21-8-16(36-24(17)21)11-31-25(33)19-9-20(19)26(31)34;2-1-3/h1-2,5-6,8,14-15,19-20,29,32H,3-4,7,9-12H2;1H,(H,2,3)/t14-,15+,19?,20?;/m1./s1. The molecule has 2 aromatic heterocycles. The van der Waals surface area contributed by atoms with Gasteiger partial charge in [0.1, 0.15) is 12.4 Å². The molecule has 10 nitrogen and oxygen atoms in total. The third-order valence-electron chi connectivity index (χ3n) is 7.80. The number of imide groups is 1. The third-order valence-corrected chi connectivity index (χ3v) is 9.16. The van der Waals surface area contributed by atoms with Crippen molar-refractivity contribution < 1.29 is 29.3 Å². The van der Waals surface area contributed by atoms with Crippen molar-refractivity contribution in [1.82, 2.24) is 15.2 Å². The molecule has 204 valence electrons. The molecular formula is C27H27ClN4O6S. The first-order valence-electron chi connectivity index (χ1n) is 12.8. The Hall–Kier alpha value is -3.25. The quantitative estimate of drug-likeness (QED) is 0.313. The number of pyridine rings is 1. The molecule has 3 fully saturated rings. The van der Waals surface area contributed by atoms with Gasteiger partial charge in [-0.15, -0.1) is 11.3 Å². The fourth-order valence-electron chi connectivity index (χ4n) is 5.93. The summed E-state index contributed by atoms with van der Waals surface area (Å²) >= 11 is 8.13. The molecule has 1 saturated carbocycles. The van der Waals surface area contributed by atoms with Crippen LogP contribution in [0.25, 0.3) is 21.3 Å². The van der Waals surface area contributed by atoms with E-state index < -0.39 is 0 Å². The number of nitrogens with one attached hydrogen (secondary N) is 1. The minimum absolute atomic E-state index is 0.0429. The molecule has 0 radical (unpaired) electrons. The Morgan fingerprint density at radius 3 is 2.67 bits per heavy atom. The number of thiophene rings is 1. The molecule has 5 heterocycles. The second kappa shape index (κ2) is 10.4. The summed E-state index contributed by atoms with van der Waals surface area (Å²) in [5.41, 5.74) is 3.80. The second-order valence-corrected chi connectivity index (χ2v) is 11.7. The van der Waals surface area contributed by atoms with E-state index in [1.165, 1.54) is 4.90 Å². The summed E-state index contributed by atoms with van der Waals surface area (Å²) in [6, 6.07) is 8.14. The predicted molar refractivity (Wildman–Crippen MR) is 146 cm³/mol. The van der Waals surface area contributed by atoms with Gasteiger partial charge in [-0.2, -0.15) is 0 Å². The van der Waals surface area contributed by atoms with Crippen LogP contribution in [0.15, 0.2) is 30.5 Å². The summed E-state index contributed by atoms with van der Waals surface area (Å²) < 4.78 is 7.05. The number of carboxylic acid groups (broad SMARTS) is 1. The molecule has 7 rings (SSSR count). The van der Waals surface area contributed by atoms with Crippen LogP contribution in [0.1, 0.15) is 17.7 Å². The van der Waals surface area contributed by atoms with E-state index in [1.807, 2.05) is 24.3 Å². The monoisotopic (exact) mass is 570 g/mol. The van der Waals surface area contributed by atoms with Crippen molar-refractivity contribution in [2.75, 3.05) is 31.2 Å². The lowest BCUT2D eigenvalue weighted by Gasteiger charge is -2.37. The first-order valence-corrected chi connectivity index (χ1v) is 14.0. The van der Waals surface area contributed by atoms with Crippen LogP contribution in [0.4, 0.5) is 5.69 Å². The van der Waals surface area contributed by atoms with Gasteiger partial charge in [-0.05, 0) is 31.0 Å². The van der Waals surface area contributed by atoms with Crippen LogP contribution in [0.3, 0.4) is 0 Å². The number of piperidine rings is 1. The summed E-state index contributed by atoms with van der Waals surface area (Å²) in [5.74, 6) is 0.475. The SMILES string of the molecule is O=C1C2CC2C(=O)N1Cc1cc2nccc(-c3cc(Cl)cc4c3N([C@@H]3CN[C@@H](CO)C3)CCO4)c2s1.O=CO. The number of likely N-dealkylation sites (tertiary alicyclic amines) is 1. The molecule has 3 aromatic rings. The lowest BCUT2D eigenvalue weighted by Crippen LogP contribution is -2.42. The predicted octanol–water partition coefficient (Wildman–Crippen LogP) is 2.74. The number of rotatable bonds is 5. The highest BCUT2D eigenvalue weighted by atomic mass is 35.5. The largest absolute Gasteiger partial charge is 0.489 e. The Kier molecular flexibility index (Phi) is 6.92. The summed E-state index contributed by atoms with van der Waals surface area (Å²) in [4.78, 5) is 42.7. The number of benzene rings is 1. The maximum Gasteiger partial charge on any atom is 0.290 e. The molecule has 1 aromatic carbocycles. The van der Waals surface area contributed by atoms with Crippen molar-refractivity contribution in [2.24, 2.45) is 11.8 Å². The zero-order valence-corrected chi connectivity index (χ0v) is 22.5. The van der Waals surface area contributed by atoms with E-state index in [9.17, 15) is 14.7 Å². The maximum atomic E-state index is 12.5. The lowest BCUT2D eigenvalue weighted by molar-refractivity contribution is -0.142. The van der Waals surface area contributed by atoms with Crippen molar-refractivity contribution in [3.05, 3.63) is 40.4 Å². The Morgan fingerprint density at radius 1 is 1.18 bits per heavy atom. The van der Waals surface area contributed by atoms with Crippen molar-refractivity contribution >= 4 is 57.1 Å². The number of nitrogens with zero attached hydrogens (tertiary/aromatic N) is 3. The Morgan fingerprint density at radius 2 is 1.95 bits per heavy atom. The molecule has 0 bridgehead atoms. The van der Waals surface area contributed by atoms with Gasteiger partial charge in [0.05, 0.1) is 47.4 Å². The van der Waals surface area contributed by atoms with Gasteiger partial charge in [0.2, 0.25) is 11.8 Å². The van der Waals surface area contributed by atoms with E-state index in [0.717, 1.165) is 57.2 Å².